The highest BCUT2D eigenvalue weighted by Gasteiger charge is 2.58. The van der Waals surface area contributed by atoms with Gasteiger partial charge in [0.1, 0.15) is 0 Å². The molecule has 0 aromatic rings. The number of ketones is 1. The van der Waals surface area contributed by atoms with Crippen LogP contribution < -0.4 is 0 Å². The van der Waals surface area contributed by atoms with Crippen LogP contribution in [-0.4, -0.2) is 16.9 Å². The van der Waals surface area contributed by atoms with Crippen molar-refractivity contribution in [3.8, 4) is 0 Å². The second-order valence-corrected chi connectivity index (χ2v) is 12.5. The number of hydrogen-bond acceptors (Lipinski definition) is 2. The molecule has 6 atom stereocenters. The predicted octanol–water partition coefficient (Wildman–Crippen LogP) is 8.12. The molecule has 4 aliphatic rings. The largest absolute Gasteiger partial charge is 0.481 e. The highest BCUT2D eigenvalue weighted by molar-refractivity contribution is 5.91. The first kappa shape index (κ1) is 25.0. The van der Waals surface area contributed by atoms with E-state index >= 15 is 0 Å². The van der Waals surface area contributed by atoms with Crippen molar-refractivity contribution in [3.05, 3.63) is 11.6 Å². The maximum atomic E-state index is 12.0. The van der Waals surface area contributed by atoms with Crippen LogP contribution in [0.2, 0.25) is 0 Å². The van der Waals surface area contributed by atoms with Crippen LogP contribution in [0.5, 0.6) is 0 Å². The molecule has 0 aromatic carbocycles. The second-order valence-electron chi connectivity index (χ2n) is 12.5. The number of carbonyl (C=O) groups excluding carboxylic acids is 1. The van der Waals surface area contributed by atoms with Gasteiger partial charge in [-0.15, -0.1) is 0 Å². The summed E-state index contributed by atoms with van der Waals surface area (Å²) in [6.45, 7) is 5.16. The first-order valence-electron chi connectivity index (χ1n) is 14.3. The molecule has 0 aromatic heterocycles. The minimum Gasteiger partial charge on any atom is -0.481 e. The fraction of sp³-hybridized carbons (Fsp3) is 0.867. The van der Waals surface area contributed by atoms with Crippen molar-refractivity contribution in [2.24, 2.45) is 34.5 Å². The Labute approximate surface area is 202 Å². The molecule has 0 heterocycles. The number of carboxylic acid groups (broad SMARTS) is 1. The van der Waals surface area contributed by atoms with Crippen molar-refractivity contribution in [3.63, 3.8) is 0 Å². The Morgan fingerprint density at radius 2 is 1.58 bits per heavy atom. The maximum Gasteiger partial charge on any atom is 0.303 e. The molecular formula is C30H48O3. The third-order valence-corrected chi connectivity index (χ3v) is 10.9. The Morgan fingerprint density at radius 1 is 0.879 bits per heavy atom. The van der Waals surface area contributed by atoms with Crippen LogP contribution in [-0.2, 0) is 9.59 Å². The number of allylic oxidation sites excluding steroid dienone is 1. The molecule has 3 fully saturated rings. The fourth-order valence-electron chi connectivity index (χ4n) is 8.87. The van der Waals surface area contributed by atoms with Crippen LogP contribution in [0.3, 0.4) is 0 Å². The van der Waals surface area contributed by atoms with Gasteiger partial charge in [-0.3, -0.25) is 9.59 Å². The highest BCUT2D eigenvalue weighted by Crippen LogP contribution is 2.67. The molecule has 3 unspecified atom stereocenters. The maximum absolute atomic E-state index is 12.0. The minimum atomic E-state index is -0.656. The van der Waals surface area contributed by atoms with E-state index in [4.69, 9.17) is 5.11 Å². The van der Waals surface area contributed by atoms with Gasteiger partial charge in [-0.2, -0.15) is 0 Å². The summed E-state index contributed by atoms with van der Waals surface area (Å²) in [4.78, 5) is 22.6. The van der Waals surface area contributed by atoms with Crippen LogP contribution in [0.4, 0.5) is 0 Å². The lowest BCUT2D eigenvalue weighted by molar-refractivity contribution is -0.137. The summed E-state index contributed by atoms with van der Waals surface area (Å²) in [6.07, 6.45) is 23.7. The fourth-order valence-corrected chi connectivity index (χ4v) is 8.87. The molecule has 3 heteroatoms. The number of unbranched alkanes of at least 4 members (excludes halogenated alkanes) is 7. The third-order valence-electron chi connectivity index (χ3n) is 10.9. The zero-order chi connectivity index (χ0) is 23.5. The van der Waals surface area contributed by atoms with Gasteiger partial charge in [0.05, 0.1) is 0 Å². The summed E-state index contributed by atoms with van der Waals surface area (Å²) in [5.74, 6) is 3.28. The Hall–Kier alpha value is -1.12. The molecular weight excluding hydrogens is 408 g/mol. The average molecular weight is 457 g/mol. The van der Waals surface area contributed by atoms with Crippen LogP contribution in [0.1, 0.15) is 129 Å². The van der Waals surface area contributed by atoms with Gasteiger partial charge in [0.2, 0.25) is 0 Å². The molecule has 0 bridgehead atoms. The Morgan fingerprint density at radius 3 is 2.30 bits per heavy atom. The molecule has 0 amide bonds. The van der Waals surface area contributed by atoms with Crippen LogP contribution >= 0.6 is 0 Å². The number of carboxylic acids is 1. The van der Waals surface area contributed by atoms with Gasteiger partial charge in [0, 0.05) is 12.8 Å². The molecule has 0 saturated heterocycles. The van der Waals surface area contributed by atoms with E-state index in [-0.39, 0.29) is 0 Å². The summed E-state index contributed by atoms with van der Waals surface area (Å²) in [5.41, 5.74) is 2.37. The topological polar surface area (TPSA) is 54.4 Å². The minimum absolute atomic E-state index is 0.309. The van der Waals surface area contributed by atoms with Gasteiger partial charge in [0.15, 0.2) is 5.78 Å². The van der Waals surface area contributed by atoms with Crippen molar-refractivity contribution in [2.75, 3.05) is 0 Å². The van der Waals surface area contributed by atoms with E-state index in [0.717, 1.165) is 49.4 Å². The van der Waals surface area contributed by atoms with Crippen molar-refractivity contribution in [1.29, 1.82) is 0 Å². The second kappa shape index (κ2) is 10.6. The van der Waals surface area contributed by atoms with E-state index in [9.17, 15) is 9.59 Å². The lowest BCUT2D eigenvalue weighted by Crippen LogP contribution is -2.50. The summed E-state index contributed by atoms with van der Waals surface area (Å²) in [5, 5.41) is 8.70. The molecule has 0 spiro atoms. The standard InChI is InChI=1S/C30H48O3/c1-29-20-18-27-25(15-13-23-21-24(31)17-19-30(23,27)2)26(29)16-14-22(29)11-9-7-5-3-4-6-8-10-12-28(32)33/h21-22,25-27H,3-20H2,1-2H3,(H,32,33)/t22-,25?,26?,27?,29+,30-/m0/s1. The SMILES string of the molecule is C[C@]12CCC(=O)C=C1CCC1C2CC[C@@]2(C)C1CC[C@@H]2CCCCCCCCCCC(=O)O. The third kappa shape index (κ3) is 5.27. The van der Waals surface area contributed by atoms with Crippen LogP contribution in [0.25, 0.3) is 0 Å². The summed E-state index contributed by atoms with van der Waals surface area (Å²) in [6, 6.07) is 0. The van der Waals surface area contributed by atoms with Gasteiger partial charge in [0.25, 0.3) is 0 Å². The van der Waals surface area contributed by atoms with Gasteiger partial charge >= 0.3 is 5.97 Å². The number of carbonyl (C=O) groups is 2. The van der Waals surface area contributed by atoms with Crippen molar-refractivity contribution in [2.45, 2.75) is 129 Å². The molecule has 3 nitrogen and oxygen atoms in total. The van der Waals surface area contributed by atoms with Crippen LogP contribution in [0, 0.1) is 34.5 Å². The molecule has 186 valence electrons. The van der Waals surface area contributed by atoms with Crippen molar-refractivity contribution >= 4 is 11.8 Å². The lowest BCUT2D eigenvalue weighted by Gasteiger charge is -2.58. The molecule has 4 aliphatic carbocycles. The zero-order valence-corrected chi connectivity index (χ0v) is 21.4. The number of rotatable bonds is 11. The van der Waals surface area contributed by atoms with Crippen molar-refractivity contribution in [1.82, 2.24) is 0 Å². The van der Waals surface area contributed by atoms with Gasteiger partial charge in [-0.1, -0.05) is 64.4 Å². The van der Waals surface area contributed by atoms with E-state index in [1.54, 1.807) is 0 Å². The van der Waals surface area contributed by atoms with Gasteiger partial charge in [-0.25, -0.2) is 0 Å². The first-order valence-corrected chi connectivity index (χ1v) is 14.3. The summed E-state index contributed by atoms with van der Waals surface area (Å²) in [7, 11) is 0. The smallest absolute Gasteiger partial charge is 0.303 e. The Bertz CT molecular complexity index is 739. The summed E-state index contributed by atoms with van der Waals surface area (Å²) >= 11 is 0. The van der Waals surface area contributed by atoms with E-state index in [1.807, 2.05) is 6.08 Å². The Kier molecular flexibility index (Phi) is 8.06. The van der Waals surface area contributed by atoms with E-state index in [0.29, 0.717) is 23.0 Å². The normalized spacial score (nSPS) is 37.8. The first-order chi connectivity index (χ1) is 15.8. The molecule has 3 saturated carbocycles. The number of fused-ring (bicyclic) bond motifs is 5. The highest BCUT2D eigenvalue weighted by atomic mass is 16.4. The summed E-state index contributed by atoms with van der Waals surface area (Å²) < 4.78 is 0. The number of hydrogen-bond donors (Lipinski definition) is 1. The molecule has 1 N–H and O–H groups in total. The van der Waals surface area contributed by atoms with E-state index in [2.05, 4.69) is 13.8 Å². The lowest BCUT2D eigenvalue weighted by atomic mass is 9.46. The van der Waals surface area contributed by atoms with E-state index in [1.165, 1.54) is 89.0 Å². The van der Waals surface area contributed by atoms with Gasteiger partial charge in [-0.05, 0) is 98.4 Å². The average Bonchev–Trinajstić information content (AvgIpc) is 3.11. The number of aliphatic carboxylic acids is 1. The zero-order valence-electron chi connectivity index (χ0n) is 21.4. The molecule has 0 radical (unpaired) electrons. The molecule has 0 aliphatic heterocycles. The van der Waals surface area contributed by atoms with Crippen molar-refractivity contribution < 1.29 is 14.7 Å². The van der Waals surface area contributed by atoms with Crippen LogP contribution in [0.15, 0.2) is 11.6 Å². The molecule has 33 heavy (non-hydrogen) atoms. The Balaban J connectivity index is 1.21. The quantitative estimate of drug-likeness (QED) is 0.319. The van der Waals surface area contributed by atoms with E-state index < -0.39 is 5.97 Å². The van der Waals surface area contributed by atoms with Gasteiger partial charge < -0.3 is 5.11 Å². The predicted molar refractivity (Wildman–Crippen MR) is 134 cm³/mol. The molecule has 4 rings (SSSR count). The monoisotopic (exact) mass is 456 g/mol.